The molecule has 33 heavy (non-hydrogen) atoms. The highest BCUT2D eigenvalue weighted by molar-refractivity contribution is 7.13. The molecule has 1 atom stereocenters. The van der Waals surface area contributed by atoms with Crippen molar-refractivity contribution in [1.29, 1.82) is 0 Å². The number of nitrogens with zero attached hydrogens (tertiary/aromatic N) is 1. The van der Waals surface area contributed by atoms with Crippen LogP contribution in [0.3, 0.4) is 0 Å². The maximum atomic E-state index is 13.6. The average molecular weight is 486 g/mol. The van der Waals surface area contributed by atoms with Gasteiger partial charge in [-0.2, -0.15) is 0 Å². The fourth-order valence-electron chi connectivity index (χ4n) is 4.75. The standard InChI is InChI=1S/C25H28ClN3O3S/c1-15-12-19(18-14-17(26)8-9-21(18)32-2)22(24(31)28-15)20(13-16-6-4-3-5-7-16)23(30)29-25-27-10-11-33-25/h8-12,14,16,20H,3-7,13H2,1-2H3,(H,28,31)(H,27,29,30)/t20-/m0/s1. The van der Waals surface area contributed by atoms with Crippen LogP contribution in [0.15, 0.2) is 40.6 Å². The number of ether oxygens (including phenoxy) is 1. The van der Waals surface area contributed by atoms with Gasteiger partial charge in [0.1, 0.15) is 5.75 Å². The van der Waals surface area contributed by atoms with Gasteiger partial charge in [-0.25, -0.2) is 4.98 Å². The van der Waals surface area contributed by atoms with Gasteiger partial charge in [0.05, 0.1) is 13.0 Å². The van der Waals surface area contributed by atoms with Crippen LogP contribution in [0.2, 0.25) is 5.02 Å². The van der Waals surface area contributed by atoms with Crippen LogP contribution < -0.4 is 15.6 Å². The van der Waals surface area contributed by atoms with E-state index in [1.807, 2.05) is 18.4 Å². The number of hydrogen-bond donors (Lipinski definition) is 2. The largest absolute Gasteiger partial charge is 0.496 e. The molecule has 2 N–H and O–H groups in total. The number of nitrogens with one attached hydrogen (secondary N) is 2. The molecule has 1 aliphatic carbocycles. The smallest absolute Gasteiger partial charge is 0.252 e. The number of halogens is 1. The monoisotopic (exact) mass is 485 g/mol. The predicted octanol–water partition coefficient (Wildman–Crippen LogP) is 6.16. The number of thiazole rings is 1. The Kier molecular flexibility index (Phi) is 7.50. The minimum absolute atomic E-state index is 0.216. The molecule has 174 valence electrons. The first kappa shape index (κ1) is 23.5. The highest BCUT2D eigenvalue weighted by Gasteiger charge is 2.31. The number of carbonyl (C=O) groups is 1. The summed E-state index contributed by atoms with van der Waals surface area (Å²) in [5.74, 6) is 0.148. The molecular weight excluding hydrogens is 458 g/mol. The van der Waals surface area contributed by atoms with Gasteiger partial charge in [0, 0.05) is 33.4 Å². The van der Waals surface area contributed by atoms with Crippen LogP contribution in [0.4, 0.5) is 5.13 Å². The maximum Gasteiger partial charge on any atom is 0.252 e. The summed E-state index contributed by atoms with van der Waals surface area (Å²) in [6.07, 6.45) is 7.94. The Morgan fingerprint density at radius 2 is 2.06 bits per heavy atom. The lowest BCUT2D eigenvalue weighted by atomic mass is 9.78. The molecule has 1 fully saturated rings. The number of H-pyrrole nitrogens is 1. The zero-order valence-electron chi connectivity index (χ0n) is 18.8. The lowest BCUT2D eigenvalue weighted by molar-refractivity contribution is -0.118. The van der Waals surface area contributed by atoms with Gasteiger partial charge >= 0.3 is 0 Å². The van der Waals surface area contributed by atoms with Crippen molar-refractivity contribution in [2.45, 2.75) is 51.4 Å². The van der Waals surface area contributed by atoms with E-state index in [1.165, 1.54) is 17.8 Å². The number of anilines is 1. The summed E-state index contributed by atoms with van der Waals surface area (Å²) in [6, 6.07) is 7.21. The quantitative estimate of drug-likeness (QED) is 0.419. The molecule has 0 unspecified atom stereocenters. The fraction of sp³-hybridized carbons (Fsp3) is 0.400. The van der Waals surface area contributed by atoms with E-state index in [1.54, 1.807) is 31.5 Å². The van der Waals surface area contributed by atoms with Crippen LogP contribution in [0.25, 0.3) is 11.1 Å². The summed E-state index contributed by atoms with van der Waals surface area (Å²) in [5.41, 5.74) is 2.26. The van der Waals surface area contributed by atoms with Crippen molar-refractivity contribution in [2.24, 2.45) is 5.92 Å². The Labute approximate surface area is 202 Å². The number of pyridine rings is 1. The molecule has 1 aliphatic rings. The molecule has 8 heteroatoms. The van der Waals surface area contributed by atoms with Crippen LogP contribution in [0.1, 0.15) is 55.7 Å². The van der Waals surface area contributed by atoms with Crippen molar-refractivity contribution < 1.29 is 9.53 Å². The van der Waals surface area contributed by atoms with E-state index >= 15 is 0 Å². The van der Waals surface area contributed by atoms with Crippen molar-refractivity contribution in [3.05, 3.63) is 62.5 Å². The van der Waals surface area contributed by atoms with Crippen molar-refractivity contribution >= 4 is 34.0 Å². The summed E-state index contributed by atoms with van der Waals surface area (Å²) < 4.78 is 5.59. The van der Waals surface area contributed by atoms with Crippen LogP contribution >= 0.6 is 22.9 Å². The Balaban J connectivity index is 1.84. The topological polar surface area (TPSA) is 84.1 Å². The molecule has 1 amide bonds. The van der Waals surface area contributed by atoms with Crippen LogP contribution in [-0.4, -0.2) is 23.0 Å². The molecule has 3 aromatic rings. The first-order valence-electron chi connectivity index (χ1n) is 11.2. The van der Waals surface area contributed by atoms with Gasteiger partial charge in [0.15, 0.2) is 5.13 Å². The average Bonchev–Trinajstić information content (AvgIpc) is 3.31. The highest BCUT2D eigenvalue weighted by Crippen LogP contribution is 2.40. The lowest BCUT2D eigenvalue weighted by Crippen LogP contribution is -2.30. The number of carbonyl (C=O) groups excluding carboxylic acids is 1. The molecule has 6 nitrogen and oxygen atoms in total. The number of aryl methyl sites for hydroxylation is 1. The Morgan fingerprint density at radius 3 is 2.76 bits per heavy atom. The number of benzene rings is 1. The first-order valence-corrected chi connectivity index (χ1v) is 12.5. The second-order valence-corrected chi connectivity index (χ2v) is 9.90. The molecule has 0 radical (unpaired) electrons. The van der Waals surface area contributed by atoms with E-state index in [0.29, 0.717) is 50.6 Å². The molecular formula is C25H28ClN3O3S. The minimum Gasteiger partial charge on any atom is -0.496 e. The zero-order chi connectivity index (χ0) is 23.4. The molecule has 1 aromatic carbocycles. The molecule has 0 saturated heterocycles. The summed E-state index contributed by atoms with van der Waals surface area (Å²) in [4.78, 5) is 34.1. The Bertz CT molecular complexity index is 1170. The summed E-state index contributed by atoms with van der Waals surface area (Å²) >= 11 is 7.68. The summed E-state index contributed by atoms with van der Waals surface area (Å²) in [6.45, 7) is 1.83. The Hall–Kier alpha value is -2.64. The number of methoxy groups -OCH3 is 1. The van der Waals surface area contributed by atoms with Crippen molar-refractivity contribution in [1.82, 2.24) is 9.97 Å². The molecule has 4 rings (SSSR count). The number of aromatic nitrogens is 2. The van der Waals surface area contributed by atoms with E-state index in [2.05, 4.69) is 15.3 Å². The third-order valence-corrected chi connectivity index (χ3v) is 7.20. The van der Waals surface area contributed by atoms with E-state index in [4.69, 9.17) is 16.3 Å². The highest BCUT2D eigenvalue weighted by atomic mass is 35.5. The SMILES string of the molecule is COc1ccc(Cl)cc1-c1cc(C)[nH]c(=O)c1[C@H](CC1CCCCC1)C(=O)Nc1nccs1. The van der Waals surface area contributed by atoms with Crippen molar-refractivity contribution in [2.75, 3.05) is 12.4 Å². The predicted molar refractivity (Wildman–Crippen MR) is 133 cm³/mol. The second-order valence-electron chi connectivity index (χ2n) is 8.57. The number of aromatic amines is 1. The third kappa shape index (κ3) is 5.47. The molecule has 0 aliphatic heterocycles. The number of amides is 1. The maximum absolute atomic E-state index is 13.6. The van der Waals surface area contributed by atoms with Crippen LogP contribution in [0, 0.1) is 12.8 Å². The normalized spacial score (nSPS) is 15.2. The van der Waals surface area contributed by atoms with E-state index < -0.39 is 5.92 Å². The molecule has 0 bridgehead atoms. The summed E-state index contributed by atoms with van der Waals surface area (Å²) in [7, 11) is 1.58. The van der Waals surface area contributed by atoms with Crippen molar-refractivity contribution in [3.8, 4) is 16.9 Å². The first-order chi connectivity index (χ1) is 16.0. The lowest BCUT2D eigenvalue weighted by Gasteiger charge is -2.27. The molecule has 1 saturated carbocycles. The zero-order valence-corrected chi connectivity index (χ0v) is 20.4. The van der Waals surface area contributed by atoms with E-state index in [-0.39, 0.29) is 11.5 Å². The Morgan fingerprint density at radius 1 is 1.27 bits per heavy atom. The van der Waals surface area contributed by atoms with E-state index in [9.17, 15) is 9.59 Å². The van der Waals surface area contributed by atoms with Crippen LogP contribution in [0.5, 0.6) is 5.75 Å². The minimum atomic E-state index is -0.625. The van der Waals surface area contributed by atoms with Gasteiger partial charge in [-0.3, -0.25) is 9.59 Å². The second kappa shape index (κ2) is 10.5. The van der Waals surface area contributed by atoms with Gasteiger partial charge in [-0.15, -0.1) is 11.3 Å². The van der Waals surface area contributed by atoms with E-state index in [0.717, 1.165) is 25.7 Å². The number of rotatable bonds is 7. The fourth-order valence-corrected chi connectivity index (χ4v) is 5.45. The molecule has 2 aromatic heterocycles. The van der Waals surface area contributed by atoms with Gasteiger partial charge in [-0.05, 0) is 49.1 Å². The van der Waals surface area contributed by atoms with Gasteiger partial charge < -0.3 is 15.0 Å². The van der Waals surface area contributed by atoms with Gasteiger partial charge in [0.2, 0.25) is 5.91 Å². The molecule has 2 heterocycles. The summed E-state index contributed by atoms with van der Waals surface area (Å²) in [5, 5.41) is 5.80. The van der Waals surface area contributed by atoms with Gasteiger partial charge in [0.25, 0.3) is 5.56 Å². The van der Waals surface area contributed by atoms with Crippen LogP contribution in [-0.2, 0) is 4.79 Å². The van der Waals surface area contributed by atoms with Crippen molar-refractivity contribution in [3.63, 3.8) is 0 Å². The molecule has 0 spiro atoms. The third-order valence-electron chi connectivity index (χ3n) is 6.28. The number of hydrogen-bond acceptors (Lipinski definition) is 5. The van der Waals surface area contributed by atoms with Gasteiger partial charge in [-0.1, -0.05) is 43.7 Å².